The summed E-state index contributed by atoms with van der Waals surface area (Å²) in [6.45, 7) is 0. The van der Waals surface area contributed by atoms with Crippen LogP contribution in [0.5, 0.6) is 0 Å². The molecule has 0 N–H and O–H groups in total. The van der Waals surface area contributed by atoms with Gasteiger partial charge in [-0.3, -0.25) is 0 Å². The van der Waals surface area contributed by atoms with Gasteiger partial charge in [0.25, 0.3) is 0 Å². The number of hydrogen-bond donors (Lipinski definition) is 0. The highest BCUT2D eigenvalue weighted by molar-refractivity contribution is 6.20. The lowest BCUT2D eigenvalue weighted by atomic mass is 9.94. The van der Waals surface area contributed by atoms with Crippen molar-refractivity contribution in [3.63, 3.8) is 0 Å². The highest BCUT2D eigenvalue weighted by Gasteiger charge is 2.26. The van der Waals surface area contributed by atoms with Gasteiger partial charge >= 0.3 is 0 Å². The Kier molecular flexibility index (Phi) is 6.02. The van der Waals surface area contributed by atoms with Crippen LogP contribution in [0.4, 0.5) is 13.2 Å². The molecule has 206 valence electrons. The molecule has 5 aromatic carbocycles. The summed E-state index contributed by atoms with van der Waals surface area (Å²) >= 11 is 0. The first-order valence-electron chi connectivity index (χ1n) is 13.0. The molecule has 0 aliphatic heterocycles. The van der Waals surface area contributed by atoms with Crippen LogP contribution in [0, 0.1) is 51.4 Å². The molecule has 7 rings (SSSR count). The zero-order chi connectivity index (χ0) is 30.5. The van der Waals surface area contributed by atoms with Gasteiger partial charge in [-0.05, 0) is 57.3 Å². The smallest absolute Gasteiger partial charge is 0.164 e. The zero-order valence-corrected chi connectivity index (χ0v) is 22.2. The lowest BCUT2D eigenvalue weighted by molar-refractivity contribution is 0.316. The minimum atomic E-state index is -1.54. The molecule has 7 aromatic rings. The van der Waals surface area contributed by atoms with Crippen molar-refractivity contribution in [2.75, 3.05) is 0 Å². The largest absolute Gasteiger partial charge is 0.247 e. The average molecular weight is 579 g/mol. The van der Waals surface area contributed by atoms with E-state index in [1.807, 2.05) is 36.4 Å². The highest BCUT2D eigenvalue weighted by atomic mass is 19.1. The lowest BCUT2D eigenvalue weighted by Gasteiger charge is -2.13. The Hall–Kier alpha value is -6.57. The number of benzene rings is 5. The predicted octanol–water partition coefficient (Wildman–Crippen LogP) is 7.96. The molecule has 0 aliphatic carbocycles. The number of nitrogens with zero attached hydrogens (tertiary/aromatic N) is 6. The molecular weight excluding hydrogens is 565 g/mol. The van der Waals surface area contributed by atoms with Crippen LogP contribution in [0.3, 0.4) is 0 Å². The van der Waals surface area contributed by atoms with Crippen LogP contribution in [-0.2, 0) is 0 Å². The van der Waals surface area contributed by atoms with E-state index >= 15 is 8.78 Å². The van der Waals surface area contributed by atoms with E-state index in [-0.39, 0.29) is 5.56 Å². The Labute approximate surface area is 246 Å². The van der Waals surface area contributed by atoms with E-state index in [1.54, 1.807) is 30.3 Å². The number of fused-ring (bicyclic) bond motifs is 5. The molecule has 0 aliphatic rings. The standard InChI is InChI=1S/C34H13F3N6O/c35-30-24(15-39)31(36)28(32(37)25(30)16-40)19-5-7-20(8-6-19)33-23-11-12-26-34(43-44-42-26)29(23)22-10-9-21(13-27(22)41-33)18-3-1-17(14-38)2-4-18/h1-13H. The zero-order valence-electron chi connectivity index (χ0n) is 22.2. The topological polar surface area (TPSA) is 123 Å². The second-order valence-corrected chi connectivity index (χ2v) is 9.87. The van der Waals surface area contributed by atoms with Gasteiger partial charge < -0.3 is 0 Å². The van der Waals surface area contributed by atoms with Gasteiger partial charge in [-0.1, -0.05) is 48.5 Å². The third-order valence-corrected chi connectivity index (χ3v) is 7.52. The fourth-order valence-corrected chi connectivity index (χ4v) is 5.38. The number of halogens is 3. The second kappa shape index (κ2) is 10.1. The predicted molar refractivity (Wildman–Crippen MR) is 155 cm³/mol. The van der Waals surface area contributed by atoms with Crippen molar-refractivity contribution in [1.29, 1.82) is 15.8 Å². The second-order valence-electron chi connectivity index (χ2n) is 9.87. The van der Waals surface area contributed by atoms with Crippen LogP contribution in [0.15, 0.2) is 83.5 Å². The molecule has 2 heterocycles. The summed E-state index contributed by atoms with van der Waals surface area (Å²) in [4.78, 5) is 4.97. The highest BCUT2D eigenvalue weighted by Crippen LogP contribution is 2.39. The van der Waals surface area contributed by atoms with E-state index in [4.69, 9.17) is 14.9 Å². The van der Waals surface area contributed by atoms with Crippen LogP contribution in [0.2, 0.25) is 0 Å². The molecule has 0 saturated carbocycles. The molecule has 7 nitrogen and oxygen atoms in total. The molecule has 0 fully saturated rings. The SMILES string of the molecule is N#Cc1ccc(-c2ccc3c(c2)nc(-c2ccc(-c4c(F)c(C#N)c(F)c(C#N)c4F)cc2)c2ccc4nonc4c23)cc1. The number of pyridine rings is 1. The van der Waals surface area contributed by atoms with Crippen molar-refractivity contribution in [2.24, 2.45) is 0 Å². The first-order chi connectivity index (χ1) is 21.4. The van der Waals surface area contributed by atoms with Crippen molar-refractivity contribution in [2.45, 2.75) is 0 Å². The Bertz CT molecular complexity index is 2410. The molecule has 2 aromatic heterocycles. The summed E-state index contributed by atoms with van der Waals surface area (Å²) in [5.74, 6) is -4.31. The monoisotopic (exact) mass is 578 g/mol. The summed E-state index contributed by atoms with van der Waals surface area (Å²) in [5.41, 5.74) is 2.38. The summed E-state index contributed by atoms with van der Waals surface area (Å²) in [6, 6.07) is 27.4. The minimum Gasteiger partial charge on any atom is -0.247 e. The summed E-state index contributed by atoms with van der Waals surface area (Å²) < 4.78 is 49.5. The summed E-state index contributed by atoms with van der Waals surface area (Å²) in [6.07, 6.45) is 0. The molecule has 0 radical (unpaired) electrons. The minimum absolute atomic E-state index is 0.00744. The third kappa shape index (κ3) is 3.93. The molecule has 0 bridgehead atoms. The Morgan fingerprint density at radius 2 is 1.18 bits per heavy atom. The number of hydrogen-bond acceptors (Lipinski definition) is 7. The first-order valence-corrected chi connectivity index (χ1v) is 13.0. The third-order valence-electron chi connectivity index (χ3n) is 7.52. The fourth-order valence-electron chi connectivity index (χ4n) is 5.38. The van der Waals surface area contributed by atoms with Crippen LogP contribution in [0.1, 0.15) is 16.7 Å². The van der Waals surface area contributed by atoms with Gasteiger partial charge in [0.2, 0.25) is 0 Å². The van der Waals surface area contributed by atoms with Gasteiger partial charge in [-0.2, -0.15) is 15.8 Å². The van der Waals surface area contributed by atoms with E-state index in [2.05, 4.69) is 16.4 Å². The molecular formula is C34H13F3N6O. The van der Waals surface area contributed by atoms with E-state index in [1.165, 1.54) is 24.3 Å². The van der Waals surface area contributed by atoms with E-state index in [0.717, 1.165) is 27.3 Å². The normalized spacial score (nSPS) is 11.0. The van der Waals surface area contributed by atoms with Crippen LogP contribution < -0.4 is 0 Å². The Morgan fingerprint density at radius 3 is 1.84 bits per heavy atom. The van der Waals surface area contributed by atoms with Crippen LogP contribution >= 0.6 is 0 Å². The van der Waals surface area contributed by atoms with Crippen molar-refractivity contribution < 1.29 is 17.8 Å². The summed E-state index contributed by atoms with van der Waals surface area (Å²) in [7, 11) is 0. The number of nitriles is 3. The molecule has 0 saturated heterocycles. The van der Waals surface area contributed by atoms with Gasteiger partial charge in [0.15, 0.2) is 17.5 Å². The van der Waals surface area contributed by atoms with E-state index in [0.29, 0.717) is 33.4 Å². The molecule has 0 amide bonds. The van der Waals surface area contributed by atoms with E-state index in [9.17, 15) is 14.9 Å². The van der Waals surface area contributed by atoms with Gasteiger partial charge in [0, 0.05) is 21.7 Å². The number of rotatable bonds is 3. The van der Waals surface area contributed by atoms with Gasteiger partial charge in [-0.15, -0.1) is 0 Å². The molecule has 10 heteroatoms. The maximum Gasteiger partial charge on any atom is 0.164 e. The van der Waals surface area contributed by atoms with Gasteiger partial charge in [0.1, 0.15) is 34.3 Å². The van der Waals surface area contributed by atoms with Crippen molar-refractivity contribution in [3.8, 4) is 51.7 Å². The maximum absolute atomic E-state index is 15.1. The van der Waals surface area contributed by atoms with Crippen molar-refractivity contribution in [1.82, 2.24) is 15.3 Å². The molecule has 0 spiro atoms. The quantitative estimate of drug-likeness (QED) is 0.195. The fraction of sp³-hybridized carbons (Fsp3) is 0. The molecule has 44 heavy (non-hydrogen) atoms. The number of aromatic nitrogens is 3. The average Bonchev–Trinajstić information content (AvgIpc) is 3.54. The van der Waals surface area contributed by atoms with Gasteiger partial charge in [0.05, 0.1) is 28.4 Å². The lowest BCUT2D eigenvalue weighted by Crippen LogP contribution is -2.03. The molecule has 0 unspecified atom stereocenters. The van der Waals surface area contributed by atoms with Gasteiger partial charge in [-0.25, -0.2) is 22.8 Å². The van der Waals surface area contributed by atoms with Crippen LogP contribution in [0.25, 0.3) is 66.2 Å². The summed E-state index contributed by atoms with van der Waals surface area (Å²) in [5, 5.41) is 38.0. The van der Waals surface area contributed by atoms with Crippen molar-refractivity contribution >= 4 is 32.7 Å². The Morgan fingerprint density at radius 1 is 0.568 bits per heavy atom. The first kappa shape index (κ1) is 26.3. The molecule has 0 atom stereocenters. The van der Waals surface area contributed by atoms with E-state index < -0.39 is 34.1 Å². The Balaban J connectivity index is 1.44. The maximum atomic E-state index is 15.1. The van der Waals surface area contributed by atoms with Crippen molar-refractivity contribution in [3.05, 3.63) is 113 Å². The van der Waals surface area contributed by atoms with Crippen LogP contribution in [-0.4, -0.2) is 15.3 Å².